The van der Waals surface area contributed by atoms with Crippen LogP contribution < -0.4 is 10.1 Å². The van der Waals surface area contributed by atoms with Crippen LogP contribution in [0, 0.1) is 0 Å². The number of aromatic nitrogens is 2. The molecule has 0 fully saturated rings. The molecule has 0 bridgehead atoms. The van der Waals surface area contributed by atoms with Crippen molar-refractivity contribution in [3.8, 4) is 5.75 Å². The highest BCUT2D eigenvalue weighted by Crippen LogP contribution is 2.27. The highest BCUT2D eigenvalue weighted by atomic mass is 16.5. The van der Waals surface area contributed by atoms with Crippen LogP contribution in [0.3, 0.4) is 0 Å². The Kier molecular flexibility index (Phi) is 6.28. The van der Waals surface area contributed by atoms with Gasteiger partial charge in [0.15, 0.2) is 0 Å². The Labute approximate surface area is 127 Å². The molecule has 0 saturated heterocycles. The molecule has 1 heterocycles. The fraction of sp³-hybridized carbons (Fsp3) is 0.471. The standard InChI is InChI=1S/C17H25N3O/c1-3-9-19-16(4-2)15-7-5-6-8-17(15)21-13-12-20-11-10-18-14-20/h5-8,10-11,14,16,19H,3-4,9,12-13H2,1-2H3. The first-order valence-electron chi connectivity index (χ1n) is 7.76. The third kappa shape index (κ3) is 4.60. The molecule has 1 aromatic carbocycles. The predicted molar refractivity (Wildman–Crippen MR) is 85.5 cm³/mol. The molecule has 2 aromatic rings. The van der Waals surface area contributed by atoms with Crippen LogP contribution in [0.1, 0.15) is 38.3 Å². The highest BCUT2D eigenvalue weighted by Gasteiger charge is 2.13. The summed E-state index contributed by atoms with van der Waals surface area (Å²) in [6, 6.07) is 8.68. The molecule has 114 valence electrons. The van der Waals surface area contributed by atoms with E-state index in [2.05, 4.69) is 42.3 Å². The molecule has 1 unspecified atom stereocenters. The van der Waals surface area contributed by atoms with Gasteiger partial charge < -0.3 is 14.6 Å². The van der Waals surface area contributed by atoms with Crippen molar-refractivity contribution in [2.75, 3.05) is 13.2 Å². The Balaban J connectivity index is 1.98. The summed E-state index contributed by atoms with van der Waals surface area (Å²) in [5.74, 6) is 0.980. The average molecular weight is 287 g/mol. The second-order valence-electron chi connectivity index (χ2n) is 5.10. The van der Waals surface area contributed by atoms with Gasteiger partial charge in [0.2, 0.25) is 0 Å². The van der Waals surface area contributed by atoms with E-state index in [4.69, 9.17) is 4.74 Å². The lowest BCUT2D eigenvalue weighted by atomic mass is 10.0. The van der Waals surface area contributed by atoms with E-state index in [0.29, 0.717) is 12.6 Å². The predicted octanol–water partition coefficient (Wildman–Crippen LogP) is 3.41. The lowest BCUT2D eigenvalue weighted by Gasteiger charge is -2.20. The summed E-state index contributed by atoms with van der Waals surface area (Å²) >= 11 is 0. The molecule has 0 spiro atoms. The molecule has 1 aromatic heterocycles. The topological polar surface area (TPSA) is 39.1 Å². The molecule has 0 aliphatic rings. The minimum atomic E-state index is 0.356. The monoisotopic (exact) mass is 287 g/mol. The molecule has 4 heteroatoms. The van der Waals surface area contributed by atoms with Crippen molar-refractivity contribution in [3.63, 3.8) is 0 Å². The number of nitrogens with one attached hydrogen (secondary N) is 1. The molecule has 2 rings (SSSR count). The second kappa shape index (κ2) is 8.47. The Morgan fingerprint density at radius 3 is 2.86 bits per heavy atom. The van der Waals surface area contributed by atoms with Gasteiger partial charge in [-0.25, -0.2) is 4.98 Å². The molecule has 1 atom stereocenters. The number of para-hydroxylation sites is 1. The van der Waals surface area contributed by atoms with E-state index in [1.165, 1.54) is 5.56 Å². The summed E-state index contributed by atoms with van der Waals surface area (Å²) in [7, 11) is 0. The van der Waals surface area contributed by atoms with Crippen LogP contribution >= 0.6 is 0 Å². The Morgan fingerprint density at radius 1 is 1.29 bits per heavy atom. The van der Waals surface area contributed by atoms with Gasteiger partial charge in [-0.3, -0.25) is 0 Å². The van der Waals surface area contributed by atoms with E-state index in [1.54, 1.807) is 6.20 Å². The number of rotatable bonds is 9. The van der Waals surface area contributed by atoms with Crippen LogP contribution in [0.4, 0.5) is 0 Å². The van der Waals surface area contributed by atoms with Gasteiger partial charge >= 0.3 is 0 Å². The first kappa shape index (κ1) is 15.6. The van der Waals surface area contributed by atoms with Gasteiger partial charge in [0.05, 0.1) is 12.9 Å². The van der Waals surface area contributed by atoms with Crippen molar-refractivity contribution in [3.05, 3.63) is 48.5 Å². The van der Waals surface area contributed by atoms with Crippen LogP contribution in [-0.4, -0.2) is 22.7 Å². The third-order valence-electron chi connectivity index (χ3n) is 3.51. The molecule has 0 radical (unpaired) electrons. The molecule has 21 heavy (non-hydrogen) atoms. The van der Waals surface area contributed by atoms with Crippen LogP contribution in [0.15, 0.2) is 43.0 Å². The Bertz CT molecular complexity index is 511. The van der Waals surface area contributed by atoms with E-state index in [9.17, 15) is 0 Å². The zero-order valence-electron chi connectivity index (χ0n) is 13.0. The molecule has 0 aliphatic heterocycles. The first-order chi connectivity index (χ1) is 10.3. The highest BCUT2D eigenvalue weighted by molar-refractivity contribution is 5.35. The number of hydrogen-bond acceptors (Lipinski definition) is 3. The number of ether oxygens (including phenoxy) is 1. The van der Waals surface area contributed by atoms with Gasteiger partial charge in [-0.05, 0) is 25.5 Å². The maximum atomic E-state index is 5.98. The molecular weight excluding hydrogens is 262 g/mol. The molecular formula is C17H25N3O. The van der Waals surface area contributed by atoms with Crippen LogP contribution in [0.2, 0.25) is 0 Å². The molecule has 4 nitrogen and oxygen atoms in total. The zero-order valence-corrected chi connectivity index (χ0v) is 13.0. The maximum absolute atomic E-state index is 5.98. The zero-order chi connectivity index (χ0) is 14.9. The van der Waals surface area contributed by atoms with Crippen LogP contribution in [-0.2, 0) is 6.54 Å². The summed E-state index contributed by atoms with van der Waals surface area (Å²) in [5.41, 5.74) is 1.25. The molecule has 0 saturated carbocycles. The average Bonchev–Trinajstić information content (AvgIpc) is 3.03. The number of nitrogens with zero attached hydrogens (tertiary/aromatic N) is 2. The van der Waals surface area contributed by atoms with Crippen molar-refractivity contribution < 1.29 is 4.74 Å². The fourth-order valence-electron chi connectivity index (χ4n) is 2.37. The molecule has 0 amide bonds. The lowest BCUT2D eigenvalue weighted by Crippen LogP contribution is -2.22. The van der Waals surface area contributed by atoms with Crippen molar-refractivity contribution in [1.29, 1.82) is 0 Å². The van der Waals surface area contributed by atoms with Gasteiger partial charge in [-0.15, -0.1) is 0 Å². The summed E-state index contributed by atoms with van der Waals surface area (Å²) in [4.78, 5) is 4.04. The van der Waals surface area contributed by atoms with Crippen molar-refractivity contribution in [1.82, 2.24) is 14.9 Å². The summed E-state index contributed by atoms with van der Waals surface area (Å²) in [6.45, 7) is 6.88. The third-order valence-corrected chi connectivity index (χ3v) is 3.51. The lowest BCUT2D eigenvalue weighted by molar-refractivity contribution is 0.291. The van der Waals surface area contributed by atoms with E-state index >= 15 is 0 Å². The SMILES string of the molecule is CCCNC(CC)c1ccccc1OCCn1ccnc1. The van der Waals surface area contributed by atoms with Gasteiger partial charge in [-0.2, -0.15) is 0 Å². The van der Waals surface area contributed by atoms with Crippen LogP contribution in [0.5, 0.6) is 5.75 Å². The number of benzene rings is 1. The van der Waals surface area contributed by atoms with Gasteiger partial charge in [-0.1, -0.05) is 32.0 Å². The smallest absolute Gasteiger partial charge is 0.124 e. The van der Waals surface area contributed by atoms with Crippen molar-refractivity contribution in [2.45, 2.75) is 39.3 Å². The summed E-state index contributed by atoms with van der Waals surface area (Å²) in [6.07, 6.45) is 7.75. The van der Waals surface area contributed by atoms with E-state index in [1.807, 2.05) is 23.2 Å². The minimum absolute atomic E-state index is 0.356. The van der Waals surface area contributed by atoms with E-state index < -0.39 is 0 Å². The van der Waals surface area contributed by atoms with Crippen molar-refractivity contribution >= 4 is 0 Å². The van der Waals surface area contributed by atoms with Crippen molar-refractivity contribution in [2.24, 2.45) is 0 Å². The fourth-order valence-corrected chi connectivity index (χ4v) is 2.37. The molecule has 0 aliphatic carbocycles. The number of hydrogen-bond donors (Lipinski definition) is 1. The van der Waals surface area contributed by atoms with Gasteiger partial charge in [0.25, 0.3) is 0 Å². The summed E-state index contributed by atoms with van der Waals surface area (Å²) < 4.78 is 8.01. The quantitative estimate of drug-likeness (QED) is 0.768. The van der Waals surface area contributed by atoms with Crippen LogP contribution in [0.25, 0.3) is 0 Å². The first-order valence-corrected chi connectivity index (χ1v) is 7.76. The molecule has 1 N–H and O–H groups in total. The minimum Gasteiger partial charge on any atom is -0.491 e. The Hall–Kier alpha value is -1.81. The van der Waals surface area contributed by atoms with Gasteiger partial charge in [0.1, 0.15) is 12.4 Å². The normalized spacial score (nSPS) is 12.3. The maximum Gasteiger partial charge on any atom is 0.124 e. The van der Waals surface area contributed by atoms with Gasteiger partial charge in [0, 0.05) is 24.0 Å². The van der Waals surface area contributed by atoms with E-state index in [-0.39, 0.29) is 0 Å². The van der Waals surface area contributed by atoms with E-state index in [0.717, 1.165) is 31.7 Å². The largest absolute Gasteiger partial charge is 0.491 e. The summed E-state index contributed by atoms with van der Waals surface area (Å²) in [5, 5.41) is 3.58. The number of imidazole rings is 1. The Morgan fingerprint density at radius 2 is 2.14 bits per heavy atom. The second-order valence-corrected chi connectivity index (χ2v) is 5.10.